The number of hydrogen-bond acceptors (Lipinski definition) is 4. The van der Waals surface area contributed by atoms with E-state index in [-0.39, 0.29) is 6.04 Å². The Kier molecular flexibility index (Phi) is 3.48. The van der Waals surface area contributed by atoms with Gasteiger partial charge in [-0.25, -0.2) is 4.98 Å². The Bertz CT molecular complexity index is 188. The molecular formula is C7H12N2OS. The van der Waals surface area contributed by atoms with Crippen molar-refractivity contribution in [3.63, 3.8) is 0 Å². The molecule has 1 N–H and O–H groups in total. The van der Waals surface area contributed by atoms with E-state index in [1.807, 2.05) is 24.7 Å². The lowest BCUT2D eigenvalue weighted by Gasteiger charge is -2.09. The molecule has 0 saturated carbocycles. The van der Waals surface area contributed by atoms with E-state index in [1.165, 1.54) is 0 Å². The summed E-state index contributed by atoms with van der Waals surface area (Å²) in [6, 6.07) is 0.182. The van der Waals surface area contributed by atoms with Crippen LogP contribution in [0.3, 0.4) is 0 Å². The maximum absolute atomic E-state index is 5.03. The SMILES string of the molecule is CCONC(C)c1cscn1. The van der Waals surface area contributed by atoms with Crippen molar-refractivity contribution >= 4 is 11.3 Å². The first-order chi connectivity index (χ1) is 5.34. The topological polar surface area (TPSA) is 34.1 Å². The third-order valence-corrected chi connectivity index (χ3v) is 1.90. The molecule has 0 spiro atoms. The number of rotatable bonds is 4. The number of aromatic nitrogens is 1. The third-order valence-electron chi connectivity index (χ3n) is 1.30. The molecule has 62 valence electrons. The van der Waals surface area contributed by atoms with Crippen LogP contribution in [-0.4, -0.2) is 11.6 Å². The van der Waals surface area contributed by atoms with Crippen molar-refractivity contribution in [1.82, 2.24) is 10.5 Å². The van der Waals surface area contributed by atoms with Crippen LogP contribution in [0.2, 0.25) is 0 Å². The number of thiazole rings is 1. The van der Waals surface area contributed by atoms with Crippen LogP contribution in [0.4, 0.5) is 0 Å². The molecule has 1 aromatic rings. The van der Waals surface area contributed by atoms with E-state index >= 15 is 0 Å². The van der Waals surface area contributed by atoms with Crippen LogP contribution in [0.5, 0.6) is 0 Å². The minimum Gasteiger partial charge on any atom is -0.301 e. The van der Waals surface area contributed by atoms with Crippen LogP contribution < -0.4 is 5.48 Å². The van der Waals surface area contributed by atoms with Crippen molar-refractivity contribution in [2.75, 3.05) is 6.61 Å². The summed E-state index contributed by atoms with van der Waals surface area (Å²) >= 11 is 1.59. The zero-order chi connectivity index (χ0) is 8.10. The van der Waals surface area contributed by atoms with Crippen LogP contribution in [0.25, 0.3) is 0 Å². The van der Waals surface area contributed by atoms with Gasteiger partial charge in [0.2, 0.25) is 0 Å². The summed E-state index contributed by atoms with van der Waals surface area (Å²) in [5.41, 5.74) is 5.73. The van der Waals surface area contributed by atoms with Crippen molar-refractivity contribution in [2.45, 2.75) is 19.9 Å². The molecule has 0 saturated heterocycles. The van der Waals surface area contributed by atoms with Crippen molar-refractivity contribution < 1.29 is 4.84 Å². The molecule has 0 aliphatic rings. The summed E-state index contributed by atoms with van der Waals surface area (Å²) < 4.78 is 0. The second-order valence-corrected chi connectivity index (χ2v) is 2.90. The molecule has 0 bridgehead atoms. The molecule has 0 amide bonds. The highest BCUT2D eigenvalue weighted by atomic mass is 32.1. The molecule has 0 aromatic carbocycles. The van der Waals surface area contributed by atoms with Gasteiger partial charge >= 0.3 is 0 Å². The molecular weight excluding hydrogens is 160 g/mol. The second-order valence-electron chi connectivity index (χ2n) is 2.19. The summed E-state index contributed by atoms with van der Waals surface area (Å²) in [6.07, 6.45) is 0. The van der Waals surface area contributed by atoms with Gasteiger partial charge in [0.15, 0.2) is 0 Å². The summed E-state index contributed by atoms with van der Waals surface area (Å²) in [4.78, 5) is 9.18. The average molecular weight is 172 g/mol. The van der Waals surface area contributed by atoms with Crippen LogP contribution in [0, 0.1) is 0 Å². The molecule has 11 heavy (non-hydrogen) atoms. The van der Waals surface area contributed by atoms with Gasteiger partial charge in [0.25, 0.3) is 0 Å². The zero-order valence-electron chi connectivity index (χ0n) is 6.70. The lowest BCUT2D eigenvalue weighted by Crippen LogP contribution is -2.18. The number of hydrogen-bond donors (Lipinski definition) is 1. The fraction of sp³-hybridized carbons (Fsp3) is 0.571. The number of hydroxylamine groups is 1. The first kappa shape index (κ1) is 8.64. The normalized spacial score (nSPS) is 13.3. The average Bonchev–Trinajstić information content (AvgIpc) is 2.52. The van der Waals surface area contributed by atoms with Gasteiger partial charge in [-0.2, -0.15) is 5.48 Å². The molecule has 0 fully saturated rings. The summed E-state index contributed by atoms with van der Waals surface area (Å²) in [7, 11) is 0. The Labute approximate surface area is 70.4 Å². The largest absolute Gasteiger partial charge is 0.301 e. The first-order valence-corrected chi connectivity index (χ1v) is 4.54. The Hall–Kier alpha value is -0.450. The van der Waals surface area contributed by atoms with Gasteiger partial charge in [-0.3, -0.25) is 0 Å². The molecule has 1 rings (SSSR count). The van der Waals surface area contributed by atoms with Crippen LogP contribution in [-0.2, 0) is 4.84 Å². The zero-order valence-corrected chi connectivity index (χ0v) is 7.52. The van der Waals surface area contributed by atoms with E-state index in [4.69, 9.17) is 4.84 Å². The smallest absolute Gasteiger partial charge is 0.0795 e. The maximum Gasteiger partial charge on any atom is 0.0795 e. The standard InChI is InChI=1S/C7H12N2OS/c1-3-10-9-6(2)7-4-11-5-8-7/h4-6,9H,3H2,1-2H3. The van der Waals surface area contributed by atoms with Gasteiger partial charge in [-0.1, -0.05) is 0 Å². The number of nitrogens with zero attached hydrogens (tertiary/aromatic N) is 1. The second kappa shape index (κ2) is 4.43. The lowest BCUT2D eigenvalue weighted by molar-refractivity contribution is 0.0277. The molecule has 4 heteroatoms. The minimum absolute atomic E-state index is 0.182. The van der Waals surface area contributed by atoms with Gasteiger partial charge in [0.1, 0.15) is 0 Å². The van der Waals surface area contributed by atoms with Gasteiger partial charge < -0.3 is 4.84 Å². The van der Waals surface area contributed by atoms with E-state index in [1.54, 1.807) is 11.3 Å². The summed E-state index contributed by atoms with van der Waals surface area (Å²) in [6.45, 7) is 4.64. The fourth-order valence-electron chi connectivity index (χ4n) is 0.704. The molecule has 1 unspecified atom stereocenters. The van der Waals surface area contributed by atoms with E-state index in [0.717, 1.165) is 5.69 Å². The predicted molar refractivity (Wildman–Crippen MR) is 45.3 cm³/mol. The highest BCUT2D eigenvalue weighted by Gasteiger charge is 2.04. The first-order valence-electron chi connectivity index (χ1n) is 3.60. The Morgan fingerprint density at radius 2 is 2.64 bits per heavy atom. The Morgan fingerprint density at radius 1 is 1.82 bits per heavy atom. The summed E-state index contributed by atoms with van der Waals surface area (Å²) in [5, 5.41) is 2.01. The van der Waals surface area contributed by atoms with Crippen molar-refractivity contribution in [2.24, 2.45) is 0 Å². The van der Waals surface area contributed by atoms with E-state index < -0.39 is 0 Å². The quantitative estimate of drug-likeness (QED) is 0.702. The molecule has 0 aliphatic carbocycles. The molecule has 0 radical (unpaired) electrons. The maximum atomic E-state index is 5.03. The Balaban J connectivity index is 2.36. The highest BCUT2D eigenvalue weighted by molar-refractivity contribution is 7.07. The van der Waals surface area contributed by atoms with E-state index in [0.29, 0.717) is 6.61 Å². The fourth-order valence-corrected chi connectivity index (χ4v) is 1.35. The van der Waals surface area contributed by atoms with Gasteiger partial charge in [0.05, 0.1) is 23.9 Å². The molecule has 1 atom stereocenters. The van der Waals surface area contributed by atoms with Crippen molar-refractivity contribution in [1.29, 1.82) is 0 Å². The number of nitrogens with one attached hydrogen (secondary N) is 1. The van der Waals surface area contributed by atoms with Crippen LogP contribution in [0.15, 0.2) is 10.9 Å². The van der Waals surface area contributed by atoms with Gasteiger partial charge in [-0.05, 0) is 13.8 Å². The van der Waals surface area contributed by atoms with Gasteiger partial charge in [-0.15, -0.1) is 11.3 Å². The lowest BCUT2D eigenvalue weighted by atomic mass is 10.3. The molecule has 1 heterocycles. The monoisotopic (exact) mass is 172 g/mol. The minimum atomic E-state index is 0.182. The van der Waals surface area contributed by atoms with Crippen molar-refractivity contribution in [3.8, 4) is 0 Å². The van der Waals surface area contributed by atoms with Crippen LogP contribution >= 0.6 is 11.3 Å². The van der Waals surface area contributed by atoms with E-state index in [9.17, 15) is 0 Å². The summed E-state index contributed by atoms with van der Waals surface area (Å²) in [5.74, 6) is 0. The molecule has 1 aromatic heterocycles. The Morgan fingerprint density at radius 3 is 3.18 bits per heavy atom. The molecule has 0 aliphatic heterocycles. The predicted octanol–water partition coefficient (Wildman–Crippen LogP) is 1.75. The van der Waals surface area contributed by atoms with Gasteiger partial charge in [0, 0.05) is 5.38 Å². The van der Waals surface area contributed by atoms with Crippen molar-refractivity contribution in [3.05, 3.63) is 16.6 Å². The molecule has 3 nitrogen and oxygen atoms in total. The van der Waals surface area contributed by atoms with E-state index in [2.05, 4.69) is 10.5 Å². The van der Waals surface area contributed by atoms with Crippen LogP contribution in [0.1, 0.15) is 25.6 Å². The third kappa shape index (κ3) is 2.57. The highest BCUT2D eigenvalue weighted by Crippen LogP contribution is 2.11.